The number of nitriles is 1. The zero-order valence-electron chi connectivity index (χ0n) is 14.8. The van der Waals surface area contributed by atoms with E-state index >= 15 is 0 Å². The average Bonchev–Trinajstić information content (AvgIpc) is 2.69. The highest BCUT2D eigenvalue weighted by atomic mass is 16.6. The van der Waals surface area contributed by atoms with Crippen LogP contribution in [0.25, 0.3) is 0 Å². The number of benzene rings is 2. The maximum Gasteiger partial charge on any atom is 0.269 e. The summed E-state index contributed by atoms with van der Waals surface area (Å²) in [4.78, 5) is 15.1. The lowest BCUT2D eigenvalue weighted by Gasteiger charge is -2.38. The summed E-state index contributed by atoms with van der Waals surface area (Å²) in [5.41, 5.74) is 3.08. The van der Waals surface area contributed by atoms with Gasteiger partial charge in [-0.25, -0.2) is 0 Å². The van der Waals surface area contributed by atoms with E-state index in [1.807, 2.05) is 36.4 Å². The molecule has 1 aliphatic rings. The minimum atomic E-state index is -0.367. The molecule has 134 valence electrons. The van der Waals surface area contributed by atoms with Gasteiger partial charge in [-0.15, -0.1) is 0 Å². The minimum Gasteiger partial charge on any atom is -0.371 e. The summed E-state index contributed by atoms with van der Waals surface area (Å²) in [5, 5.41) is 19.6. The lowest BCUT2D eigenvalue weighted by atomic mass is 10.0. The van der Waals surface area contributed by atoms with Crippen molar-refractivity contribution in [2.24, 2.45) is 0 Å². The van der Waals surface area contributed by atoms with Crippen molar-refractivity contribution in [2.75, 3.05) is 25.0 Å². The van der Waals surface area contributed by atoms with Gasteiger partial charge in [0.1, 0.15) is 0 Å². The Balaban J connectivity index is 1.53. The molecule has 6 heteroatoms. The van der Waals surface area contributed by atoms with Gasteiger partial charge in [0.05, 0.1) is 16.6 Å². The predicted octanol–water partition coefficient (Wildman–Crippen LogP) is 3.57. The van der Waals surface area contributed by atoms with Crippen LogP contribution in [0.15, 0.2) is 48.5 Å². The van der Waals surface area contributed by atoms with Crippen LogP contribution in [-0.2, 0) is 6.54 Å². The van der Waals surface area contributed by atoms with Crippen molar-refractivity contribution in [2.45, 2.75) is 25.4 Å². The van der Waals surface area contributed by atoms with Gasteiger partial charge in [-0.3, -0.25) is 15.0 Å². The number of nitro groups is 1. The van der Waals surface area contributed by atoms with Gasteiger partial charge in [-0.1, -0.05) is 12.1 Å². The maximum absolute atomic E-state index is 10.8. The molecule has 6 nitrogen and oxygen atoms in total. The fraction of sp³-hybridized carbons (Fsp3) is 0.350. The Morgan fingerprint density at radius 1 is 1.15 bits per heavy atom. The van der Waals surface area contributed by atoms with Crippen LogP contribution < -0.4 is 4.90 Å². The molecule has 0 amide bonds. The molecule has 0 aliphatic carbocycles. The zero-order valence-corrected chi connectivity index (χ0v) is 14.8. The van der Waals surface area contributed by atoms with Crippen LogP contribution in [0.2, 0.25) is 0 Å². The van der Waals surface area contributed by atoms with Crippen molar-refractivity contribution < 1.29 is 4.92 Å². The highest BCUT2D eigenvalue weighted by molar-refractivity contribution is 5.51. The van der Waals surface area contributed by atoms with Crippen LogP contribution in [0.3, 0.4) is 0 Å². The molecule has 2 aromatic rings. The van der Waals surface area contributed by atoms with Crippen LogP contribution in [0.1, 0.15) is 24.0 Å². The van der Waals surface area contributed by atoms with Crippen LogP contribution in [0.4, 0.5) is 11.4 Å². The van der Waals surface area contributed by atoms with Crippen LogP contribution in [0, 0.1) is 21.4 Å². The summed E-state index contributed by atoms with van der Waals surface area (Å²) in [6.07, 6.45) is 2.12. The summed E-state index contributed by atoms with van der Waals surface area (Å²) in [6.45, 7) is 2.76. The molecule has 0 atom stereocenters. The zero-order chi connectivity index (χ0) is 18.5. The number of nitro benzene ring substituents is 1. The Morgan fingerprint density at radius 2 is 1.77 bits per heavy atom. The maximum atomic E-state index is 10.8. The smallest absolute Gasteiger partial charge is 0.269 e. The number of hydrogen-bond donors (Lipinski definition) is 0. The fourth-order valence-corrected chi connectivity index (χ4v) is 3.45. The molecule has 3 rings (SSSR count). The number of rotatable bonds is 5. The van der Waals surface area contributed by atoms with Crippen LogP contribution in [-0.4, -0.2) is 36.0 Å². The number of anilines is 1. The first-order chi connectivity index (χ1) is 12.6. The average molecular weight is 350 g/mol. The van der Waals surface area contributed by atoms with Gasteiger partial charge in [0.15, 0.2) is 0 Å². The normalized spacial score (nSPS) is 15.0. The largest absolute Gasteiger partial charge is 0.371 e. The molecule has 0 bridgehead atoms. The molecule has 1 saturated heterocycles. The summed E-state index contributed by atoms with van der Waals surface area (Å²) >= 11 is 0. The third-order valence-electron chi connectivity index (χ3n) is 5.03. The quantitative estimate of drug-likeness (QED) is 0.609. The van der Waals surface area contributed by atoms with Gasteiger partial charge in [0.2, 0.25) is 0 Å². The Kier molecular flexibility index (Phi) is 5.49. The SMILES string of the molecule is CN(Cc1ccc(C#N)cc1)C1CCN(c2ccc([N+](=O)[O-])cc2)CC1. The molecule has 0 spiro atoms. The fourth-order valence-electron chi connectivity index (χ4n) is 3.45. The van der Waals surface area contributed by atoms with Crippen molar-refractivity contribution in [1.82, 2.24) is 4.90 Å². The highest BCUT2D eigenvalue weighted by Gasteiger charge is 2.23. The molecule has 1 heterocycles. The number of nitrogens with zero attached hydrogens (tertiary/aromatic N) is 4. The van der Waals surface area contributed by atoms with Crippen molar-refractivity contribution in [1.29, 1.82) is 5.26 Å². The molecule has 2 aromatic carbocycles. The second-order valence-electron chi connectivity index (χ2n) is 6.72. The van der Waals surface area contributed by atoms with Gasteiger partial charge in [0, 0.05) is 43.5 Å². The summed E-state index contributed by atoms with van der Waals surface area (Å²) in [6, 6.07) is 17.2. The second-order valence-corrected chi connectivity index (χ2v) is 6.72. The molecular formula is C20H22N4O2. The van der Waals surface area contributed by atoms with Gasteiger partial charge < -0.3 is 4.90 Å². The number of non-ortho nitro benzene ring substituents is 1. The molecule has 0 aromatic heterocycles. The molecule has 0 N–H and O–H groups in total. The van der Waals surface area contributed by atoms with Crippen molar-refractivity contribution in [3.05, 3.63) is 69.8 Å². The summed E-state index contributed by atoms with van der Waals surface area (Å²) < 4.78 is 0. The second kappa shape index (κ2) is 7.98. The first kappa shape index (κ1) is 17.9. The van der Waals surface area contributed by atoms with Gasteiger partial charge in [-0.2, -0.15) is 5.26 Å². The topological polar surface area (TPSA) is 73.4 Å². The molecule has 0 unspecified atom stereocenters. The lowest BCUT2D eigenvalue weighted by Crippen LogP contribution is -2.43. The Hall–Kier alpha value is -2.91. The predicted molar refractivity (Wildman–Crippen MR) is 101 cm³/mol. The molecule has 0 radical (unpaired) electrons. The van der Waals surface area contributed by atoms with E-state index in [9.17, 15) is 10.1 Å². The minimum absolute atomic E-state index is 0.130. The van der Waals surface area contributed by atoms with E-state index in [1.165, 1.54) is 5.56 Å². The van der Waals surface area contributed by atoms with Gasteiger partial charge >= 0.3 is 0 Å². The van der Waals surface area contributed by atoms with Crippen molar-refractivity contribution in [3.63, 3.8) is 0 Å². The third-order valence-corrected chi connectivity index (χ3v) is 5.03. The van der Waals surface area contributed by atoms with E-state index in [1.54, 1.807) is 12.1 Å². The Bertz CT molecular complexity index is 788. The molecule has 1 fully saturated rings. The highest BCUT2D eigenvalue weighted by Crippen LogP contribution is 2.25. The van der Waals surface area contributed by atoms with Crippen LogP contribution in [0.5, 0.6) is 0 Å². The van der Waals surface area contributed by atoms with E-state index < -0.39 is 0 Å². The molecular weight excluding hydrogens is 328 g/mol. The monoisotopic (exact) mass is 350 g/mol. The van der Waals surface area contributed by atoms with E-state index in [0.717, 1.165) is 38.2 Å². The summed E-state index contributed by atoms with van der Waals surface area (Å²) in [7, 11) is 2.14. The first-order valence-corrected chi connectivity index (χ1v) is 8.75. The first-order valence-electron chi connectivity index (χ1n) is 8.75. The summed E-state index contributed by atoms with van der Waals surface area (Å²) in [5.74, 6) is 0. The molecule has 0 saturated carbocycles. The van der Waals surface area contributed by atoms with E-state index in [-0.39, 0.29) is 10.6 Å². The van der Waals surface area contributed by atoms with E-state index in [2.05, 4.69) is 22.9 Å². The van der Waals surface area contributed by atoms with Crippen molar-refractivity contribution >= 4 is 11.4 Å². The number of hydrogen-bond acceptors (Lipinski definition) is 5. The standard InChI is InChI=1S/C20H22N4O2/c1-22(15-17-4-2-16(14-21)3-5-17)18-10-12-23(13-11-18)19-6-8-20(9-7-19)24(25)26/h2-9,18H,10-13,15H2,1H3. The van der Waals surface area contributed by atoms with E-state index in [4.69, 9.17) is 5.26 Å². The van der Waals surface area contributed by atoms with Crippen LogP contribution >= 0.6 is 0 Å². The third kappa shape index (κ3) is 4.19. The van der Waals surface area contributed by atoms with Crippen molar-refractivity contribution in [3.8, 4) is 6.07 Å². The molecule has 1 aliphatic heterocycles. The lowest BCUT2D eigenvalue weighted by molar-refractivity contribution is -0.384. The van der Waals surface area contributed by atoms with E-state index in [0.29, 0.717) is 11.6 Å². The molecule has 26 heavy (non-hydrogen) atoms. The van der Waals surface area contributed by atoms with Gasteiger partial charge in [0.25, 0.3) is 5.69 Å². The Morgan fingerprint density at radius 3 is 2.31 bits per heavy atom. The number of piperidine rings is 1. The van der Waals surface area contributed by atoms with Gasteiger partial charge in [-0.05, 0) is 49.7 Å². The Labute approximate surface area is 153 Å².